The molecule has 2 aliphatic heterocycles. The Kier molecular flexibility index (Phi) is 5.97. The molecule has 0 saturated carbocycles. The van der Waals surface area contributed by atoms with Crippen molar-refractivity contribution >= 4 is 27.7 Å². The van der Waals surface area contributed by atoms with Crippen LogP contribution in [0.3, 0.4) is 0 Å². The third-order valence-electron chi connectivity index (χ3n) is 6.85. The van der Waals surface area contributed by atoms with Crippen LogP contribution in [0.4, 0.5) is 0 Å². The first-order valence-corrected chi connectivity index (χ1v) is 11.7. The SMILES string of the molecule is Cc1cc2[nH]c(=O)c3cnn(C4CCOCC4)c3c2cc1C(=O)NCCN1CCCCC1. The summed E-state index contributed by atoms with van der Waals surface area (Å²) in [5.74, 6) is -0.0714. The third kappa shape index (κ3) is 4.04. The molecule has 0 aliphatic carbocycles. The number of piperidine rings is 1. The van der Waals surface area contributed by atoms with E-state index in [1.54, 1.807) is 6.20 Å². The van der Waals surface area contributed by atoms with Crippen LogP contribution >= 0.6 is 0 Å². The zero-order chi connectivity index (χ0) is 22.1. The number of aromatic amines is 1. The quantitative estimate of drug-likeness (QED) is 0.640. The van der Waals surface area contributed by atoms with E-state index in [-0.39, 0.29) is 17.5 Å². The first kappa shape index (κ1) is 21.2. The van der Waals surface area contributed by atoms with E-state index >= 15 is 0 Å². The van der Waals surface area contributed by atoms with Crippen molar-refractivity contribution < 1.29 is 9.53 Å². The van der Waals surface area contributed by atoms with Gasteiger partial charge in [0, 0.05) is 37.3 Å². The van der Waals surface area contributed by atoms with E-state index in [9.17, 15) is 9.59 Å². The fourth-order valence-corrected chi connectivity index (χ4v) is 5.05. The molecule has 170 valence electrons. The van der Waals surface area contributed by atoms with Crippen LogP contribution < -0.4 is 10.9 Å². The van der Waals surface area contributed by atoms with Gasteiger partial charge in [-0.1, -0.05) is 6.42 Å². The number of nitrogens with one attached hydrogen (secondary N) is 2. The lowest BCUT2D eigenvalue weighted by Crippen LogP contribution is -2.37. The van der Waals surface area contributed by atoms with E-state index in [1.165, 1.54) is 19.3 Å². The van der Waals surface area contributed by atoms with Crippen molar-refractivity contribution in [3.05, 3.63) is 39.8 Å². The molecule has 4 heterocycles. The molecule has 2 N–H and O–H groups in total. The Labute approximate surface area is 186 Å². The molecule has 8 heteroatoms. The number of ether oxygens (including phenoxy) is 1. The van der Waals surface area contributed by atoms with Crippen molar-refractivity contribution in [2.24, 2.45) is 0 Å². The molecule has 0 atom stereocenters. The number of aryl methyl sites for hydroxylation is 1. The molecule has 1 amide bonds. The van der Waals surface area contributed by atoms with E-state index < -0.39 is 0 Å². The minimum Gasteiger partial charge on any atom is -0.381 e. The Morgan fingerprint density at radius 3 is 2.75 bits per heavy atom. The maximum atomic E-state index is 13.0. The molecule has 5 rings (SSSR count). The van der Waals surface area contributed by atoms with Gasteiger partial charge in [-0.2, -0.15) is 5.10 Å². The number of hydrogen-bond acceptors (Lipinski definition) is 5. The van der Waals surface area contributed by atoms with Gasteiger partial charge in [0.2, 0.25) is 0 Å². The number of fused-ring (bicyclic) bond motifs is 3. The minimum absolute atomic E-state index is 0.0714. The number of H-pyrrole nitrogens is 1. The minimum atomic E-state index is -0.149. The second-order valence-electron chi connectivity index (χ2n) is 9.02. The van der Waals surface area contributed by atoms with E-state index in [2.05, 4.69) is 20.3 Å². The number of carbonyl (C=O) groups excluding carboxylic acids is 1. The zero-order valence-electron chi connectivity index (χ0n) is 18.7. The third-order valence-corrected chi connectivity index (χ3v) is 6.85. The van der Waals surface area contributed by atoms with Crippen LogP contribution in [0, 0.1) is 6.92 Å². The molecular formula is C24H31N5O3. The summed E-state index contributed by atoms with van der Waals surface area (Å²) in [7, 11) is 0. The highest BCUT2D eigenvalue weighted by Gasteiger charge is 2.22. The lowest BCUT2D eigenvalue weighted by molar-refractivity contribution is 0.0675. The average molecular weight is 438 g/mol. The van der Waals surface area contributed by atoms with Gasteiger partial charge in [-0.25, -0.2) is 0 Å². The number of pyridine rings is 1. The highest BCUT2D eigenvalue weighted by Crippen LogP contribution is 2.29. The molecule has 1 aromatic carbocycles. The molecule has 2 aromatic heterocycles. The second-order valence-corrected chi connectivity index (χ2v) is 9.02. The first-order valence-electron chi connectivity index (χ1n) is 11.7. The molecule has 0 radical (unpaired) electrons. The predicted molar refractivity (Wildman–Crippen MR) is 124 cm³/mol. The Morgan fingerprint density at radius 2 is 1.97 bits per heavy atom. The number of amides is 1. The van der Waals surface area contributed by atoms with Gasteiger partial charge in [-0.15, -0.1) is 0 Å². The fraction of sp³-hybridized carbons (Fsp3) is 0.542. The average Bonchev–Trinajstić information content (AvgIpc) is 3.26. The van der Waals surface area contributed by atoms with Crippen molar-refractivity contribution in [1.29, 1.82) is 0 Å². The van der Waals surface area contributed by atoms with Gasteiger partial charge in [0.1, 0.15) is 0 Å². The first-order chi connectivity index (χ1) is 15.6. The van der Waals surface area contributed by atoms with Crippen LogP contribution in [-0.4, -0.2) is 65.0 Å². The number of nitrogens with zero attached hydrogens (tertiary/aromatic N) is 3. The van der Waals surface area contributed by atoms with Crippen LogP contribution in [0.15, 0.2) is 23.1 Å². The number of aromatic nitrogens is 3. The maximum Gasteiger partial charge on any atom is 0.259 e. The molecule has 2 aliphatic rings. The molecule has 32 heavy (non-hydrogen) atoms. The van der Waals surface area contributed by atoms with Crippen LogP contribution in [0.1, 0.15) is 54.1 Å². The van der Waals surface area contributed by atoms with Crippen LogP contribution in [0.25, 0.3) is 21.8 Å². The van der Waals surface area contributed by atoms with Crippen molar-refractivity contribution in [3.8, 4) is 0 Å². The maximum absolute atomic E-state index is 13.0. The Balaban J connectivity index is 1.47. The Hall–Kier alpha value is -2.71. The summed E-state index contributed by atoms with van der Waals surface area (Å²) in [5, 5.41) is 9.07. The highest BCUT2D eigenvalue weighted by molar-refractivity contribution is 6.07. The van der Waals surface area contributed by atoms with E-state index in [0.717, 1.165) is 54.5 Å². The molecular weight excluding hydrogens is 406 g/mol. The number of rotatable bonds is 5. The van der Waals surface area contributed by atoms with Gasteiger partial charge < -0.3 is 19.9 Å². The largest absolute Gasteiger partial charge is 0.381 e. The normalized spacial score (nSPS) is 18.4. The van der Waals surface area contributed by atoms with Gasteiger partial charge in [-0.3, -0.25) is 14.3 Å². The Bertz CT molecular complexity index is 1190. The van der Waals surface area contributed by atoms with Crippen LogP contribution in [-0.2, 0) is 4.74 Å². The monoisotopic (exact) mass is 437 g/mol. The van der Waals surface area contributed by atoms with Gasteiger partial charge in [0.15, 0.2) is 0 Å². The van der Waals surface area contributed by atoms with E-state index in [1.807, 2.05) is 23.7 Å². The molecule has 2 saturated heterocycles. The Morgan fingerprint density at radius 1 is 1.19 bits per heavy atom. The zero-order valence-corrected chi connectivity index (χ0v) is 18.7. The lowest BCUT2D eigenvalue weighted by atomic mass is 10.0. The molecule has 8 nitrogen and oxygen atoms in total. The summed E-state index contributed by atoms with van der Waals surface area (Å²) in [6.07, 6.45) is 7.16. The molecule has 0 bridgehead atoms. The summed E-state index contributed by atoms with van der Waals surface area (Å²) >= 11 is 0. The van der Waals surface area contributed by atoms with Gasteiger partial charge in [0.25, 0.3) is 11.5 Å². The number of carbonyl (C=O) groups is 1. The standard InChI is InChI=1S/C24H31N5O3/c1-16-13-21-19(14-18(16)23(30)25-7-10-28-8-3-2-4-9-28)22-20(24(31)27-21)15-26-29(22)17-5-11-32-12-6-17/h13-15,17H,2-12H2,1H3,(H,25,30)(H,27,31). The van der Waals surface area contributed by atoms with Crippen LogP contribution in [0.2, 0.25) is 0 Å². The summed E-state index contributed by atoms with van der Waals surface area (Å²) in [4.78, 5) is 31.1. The number of hydrogen-bond donors (Lipinski definition) is 2. The molecule has 2 fully saturated rings. The molecule has 3 aromatic rings. The molecule has 0 unspecified atom stereocenters. The number of benzene rings is 1. The lowest BCUT2D eigenvalue weighted by Gasteiger charge is -2.26. The summed E-state index contributed by atoms with van der Waals surface area (Å²) in [5.41, 5.74) is 2.88. The smallest absolute Gasteiger partial charge is 0.259 e. The van der Waals surface area contributed by atoms with Crippen molar-refractivity contribution in [2.45, 2.75) is 45.1 Å². The van der Waals surface area contributed by atoms with Gasteiger partial charge >= 0.3 is 0 Å². The van der Waals surface area contributed by atoms with Crippen molar-refractivity contribution in [1.82, 2.24) is 25.0 Å². The summed E-state index contributed by atoms with van der Waals surface area (Å²) in [6.45, 7) is 7.05. The van der Waals surface area contributed by atoms with Crippen LogP contribution in [0.5, 0.6) is 0 Å². The second kappa shape index (κ2) is 9.03. The van der Waals surface area contributed by atoms with E-state index in [4.69, 9.17) is 4.74 Å². The van der Waals surface area contributed by atoms with Crippen molar-refractivity contribution in [3.63, 3.8) is 0 Å². The van der Waals surface area contributed by atoms with Gasteiger partial charge in [0.05, 0.1) is 28.7 Å². The highest BCUT2D eigenvalue weighted by atomic mass is 16.5. The number of likely N-dealkylation sites (tertiary alicyclic amines) is 1. The summed E-state index contributed by atoms with van der Waals surface area (Å²) in [6, 6.07) is 4.00. The van der Waals surface area contributed by atoms with E-state index in [0.29, 0.717) is 30.7 Å². The van der Waals surface area contributed by atoms with Gasteiger partial charge in [-0.05, 0) is 63.4 Å². The summed E-state index contributed by atoms with van der Waals surface area (Å²) < 4.78 is 7.46. The fourth-order valence-electron chi connectivity index (χ4n) is 5.05. The predicted octanol–water partition coefficient (Wildman–Crippen LogP) is 2.75. The van der Waals surface area contributed by atoms with Crippen molar-refractivity contribution in [2.75, 3.05) is 39.4 Å². The molecule has 0 spiro atoms. The topological polar surface area (TPSA) is 92.2 Å².